The highest BCUT2D eigenvalue weighted by Crippen LogP contribution is 2.34. The van der Waals surface area contributed by atoms with E-state index in [1.807, 2.05) is 36.4 Å². The van der Waals surface area contributed by atoms with Gasteiger partial charge in [-0.15, -0.1) is 0 Å². The van der Waals surface area contributed by atoms with Crippen LogP contribution in [0.4, 0.5) is 11.4 Å². The van der Waals surface area contributed by atoms with Crippen molar-refractivity contribution in [2.24, 2.45) is 0 Å². The van der Waals surface area contributed by atoms with Gasteiger partial charge in [-0.2, -0.15) is 0 Å². The molecule has 0 aliphatic carbocycles. The van der Waals surface area contributed by atoms with E-state index >= 15 is 0 Å². The molecule has 3 aromatic rings. The van der Waals surface area contributed by atoms with E-state index in [-0.39, 0.29) is 0 Å². The van der Waals surface area contributed by atoms with Gasteiger partial charge in [0.25, 0.3) is 0 Å². The van der Waals surface area contributed by atoms with Crippen molar-refractivity contribution in [2.45, 2.75) is 13.3 Å². The van der Waals surface area contributed by atoms with E-state index in [4.69, 9.17) is 5.73 Å². The number of H-pyrrole nitrogens is 1. The van der Waals surface area contributed by atoms with Crippen LogP contribution in [0.2, 0.25) is 0 Å². The van der Waals surface area contributed by atoms with Crippen LogP contribution in [0.15, 0.2) is 42.5 Å². The Bertz CT molecular complexity index is 805. The van der Waals surface area contributed by atoms with E-state index in [0.29, 0.717) is 6.41 Å². The molecule has 0 saturated carbocycles. The number of nitrogens with one attached hydrogen (secondary N) is 2. The number of nitrogen functional groups attached to an aromatic ring is 1. The van der Waals surface area contributed by atoms with Crippen molar-refractivity contribution in [1.82, 2.24) is 4.98 Å². The molecule has 0 aliphatic rings. The van der Waals surface area contributed by atoms with Crippen molar-refractivity contribution in [2.75, 3.05) is 11.1 Å². The molecule has 0 atom stereocenters. The first-order valence-electron chi connectivity index (χ1n) is 6.93. The molecule has 0 unspecified atom stereocenters. The number of hydrogen-bond acceptors (Lipinski definition) is 2. The molecular formula is C17H17N3O. The first-order chi connectivity index (χ1) is 10.2. The Morgan fingerprint density at radius 2 is 2.10 bits per heavy atom. The number of rotatable bonds is 4. The zero-order chi connectivity index (χ0) is 14.8. The summed E-state index contributed by atoms with van der Waals surface area (Å²) < 4.78 is 0. The topological polar surface area (TPSA) is 70.9 Å². The number of aromatic amines is 1. The summed E-state index contributed by atoms with van der Waals surface area (Å²) in [6.45, 7) is 2.09. The number of fused-ring (bicyclic) bond motifs is 1. The van der Waals surface area contributed by atoms with Gasteiger partial charge in [-0.25, -0.2) is 0 Å². The summed E-state index contributed by atoms with van der Waals surface area (Å²) in [4.78, 5) is 14.1. The van der Waals surface area contributed by atoms with E-state index in [1.54, 1.807) is 0 Å². The van der Waals surface area contributed by atoms with E-state index < -0.39 is 0 Å². The standard InChI is InChI=1S/C17H17N3O/c1-2-13-9-15-14(11-4-3-5-12(18)8-11)6-7-16(19-10-21)17(15)20-13/h3-10,20H,2,18H2,1H3,(H,19,21). The summed E-state index contributed by atoms with van der Waals surface area (Å²) >= 11 is 0. The van der Waals surface area contributed by atoms with Crippen molar-refractivity contribution in [3.63, 3.8) is 0 Å². The molecule has 106 valence electrons. The molecule has 0 saturated heterocycles. The zero-order valence-electron chi connectivity index (χ0n) is 11.8. The number of aryl methyl sites for hydroxylation is 1. The van der Waals surface area contributed by atoms with Crippen molar-refractivity contribution in [1.29, 1.82) is 0 Å². The molecule has 1 heterocycles. The second kappa shape index (κ2) is 5.32. The number of nitrogens with two attached hydrogens (primary N) is 1. The van der Waals surface area contributed by atoms with Crippen LogP contribution in [0.3, 0.4) is 0 Å². The number of benzene rings is 2. The lowest BCUT2D eigenvalue weighted by Gasteiger charge is -2.08. The molecule has 4 N–H and O–H groups in total. The smallest absolute Gasteiger partial charge is 0.211 e. The van der Waals surface area contributed by atoms with Crippen LogP contribution in [0.5, 0.6) is 0 Å². The molecule has 3 rings (SSSR count). The highest BCUT2D eigenvalue weighted by molar-refractivity contribution is 6.04. The molecule has 0 spiro atoms. The maximum Gasteiger partial charge on any atom is 0.211 e. The van der Waals surface area contributed by atoms with E-state index in [1.165, 1.54) is 0 Å². The number of amides is 1. The average Bonchev–Trinajstić information content (AvgIpc) is 2.92. The highest BCUT2D eigenvalue weighted by atomic mass is 16.1. The zero-order valence-corrected chi connectivity index (χ0v) is 11.8. The summed E-state index contributed by atoms with van der Waals surface area (Å²) in [5, 5.41) is 3.83. The van der Waals surface area contributed by atoms with Gasteiger partial charge in [0.2, 0.25) is 6.41 Å². The minimum absolute atomic E-state index is 0.696. The molecule has 0 bridgehead atoms. The Morgan fingerprint density at radius 1 is 1.24 bits per heavy atom. The van der Waals surface area contributed by atoms with Gasteiger partial charge in [-0.1, -0.05) is 25.1 Å². The van der Waals surface area contributed by atoms with Crippen LogP contribution in [0.1, 0.15) is 12.6 Å². The third-order valence-electron chi connectivity index (χ3n) is 3.64. The van der Waals surface area contributed by atoms with Crippen molar-refractivity contribution in [3.8, 4) is 11.1 Å². The van der Waals surface area contributed by atoms with Crippen LogP contribution in [-0.4, -0.2) is 11.4 Å². The predicted octanol–water partition coefficient (Wildman–Crippen LogP) is 3.55. The van der Waals surface area contributed by atoms with Crippen molar-refractivity contribution in [3.05, 3.63) is 48.2 Å². The van der Waals surface area contributed by atoms with Crippen LogP contribution < -0.4 is 11.1 Å². The van der Waals surface area contributed by atoms with Crippen LogP contribution in [-0.2, 0) is 11.2 Å². The summed E-state index contributed by atoms with van der Waals surface area (Å²) in [5.41, 5.74) is 11.7. The summed E-state index contributed by atoms with van der Waals surface area (Å²) in [5.74, 6) is 0. The number of anilines is 2. The molecule has 21 heavy (non-hydrogen) atoms. The van der Waals surface area contributed by atoms with E-state index in [9.17, 15) is 4.79 Å². The lowest BCUT2D eigenvalue weighted by atomic mass is 10.0. The Hall–Kier alpha value is -2.75. The van der Waals surface area contributed by atoms with Gasteiger partial charge in [-0.3, -0.25) is 4.79 Å². The fourth-order valence-corrected chi connectivity index (χ4v) is 2.61. The Morgan fingerprint density at radius 3 is 2.81 bits per heavy atom. The summed E-state index contributed by atoms with van der Waals surface area (Å²) in [7, 11) is 0. The van der Waals surface area contributed by atoms with Gasteiger partial charge in [0.1, 0.15) is 0 Å². The van der Waals surface area contributed by atoms with Gasteiger partial charge >= 0.3 is 0 Å². The molecular weight excluding hydrogens is 262 g/mol. The average molecular weight is 279 g/mol. The second-order valence-corrected chi connectivity index (χ2v) is 4.99. The Kier molecular flexibility index (Phi) is 3.36. The number of carbonyl (C=O) groups excluding carboxylic acids is 1. The highest BCUT2D eigenvalue weighted by Gasteiger charge is 2.11. The fraction of sp³-hybridized carbons (Fsp3) is 0.118. The van der Waals surface area contributed by atoms with Gasteiger partial charge in [0, 0.05) is 16.8 Å². The summed E-state index contributed by atoms with van der Waals surface area (Å²) in [6.07, 6.45) is 1.60. The molecule has 0 aliphatic heterocycles. The minimum Gasteiger partial charge on any atom is -0.399 e. The first-order valence-corrected chi connectivity index (χ1v) is 6.93. The van der Waals surface area contributed by atoms with Gasteiger partial charge in [0.15, 0.2) is 0 Å². The molecule has 4 nitrogen and oxygen atoms in total. The lowest BCUT2D eigenvalue weighted by Crippen LogP contribution is -1.95. The third-order valence-corrected chi connectivity index (χ3v) is 3.64. The van der Waals surface area contributed by atoms with Crippen LogP contribution in [0.25, 0.3) is 22.0 Å². The van der Waals surface area contributed by atoms with Gasteiger partial charge < -0.3 is 16.0 Å². The number of hydrogen-bond donors (Lipinski definition) is 3. The minimum atomic E-state index is 0.696. The molecule has 1 amide bonds. The van der Waals surface area contributed by atoms with Crippen LogP contribution in [0, 0.1) is 0 Å². The van der Waals surface area contributed by atoms with Crippen molar-refractivity contribution < 1.29 is 4.79 Å². The molecule has 4 heteroatoms. The maximum absolute atomic E-state index is 10.8. The van der Waals surface area contributed by atoms with Crippen LogP contribution >= 0.6 is 0 Å². The normalized spacial score (nSPS) is 10.7. The van der Waals surface area contributed by atoms with Crippen molar-refractivity contribution >= 4 is 28.7 Å². The predicted molar refractivity (Wildman–Crippen MR) is 87.2 cm³/mol. The maximum atomic E-state index is 10.8. The largest absolute Gasteiger partial charge is 0.399 e. The quantitative estimate of drug-likeness (QED) is 0.505. The van der Waals surface area contributed by atoms with Gasteiger partial charge in [0.05, 0.1) is 11.2 Å². The molecule has 0 fully saturated rings. The van der Waals surface area contributed by atoms with E-state index in [0.717, 1.165) is 45.5 Å². The SMILES string of the molecule is CCc1cc2c(-c3cccc(N)c3)ccc(NC=O)c2[nH]1. The number of carbonyl (C=O) groups is 1. The van der Waals surface area contributed by atoms with E-state index in [2.05, 4.69) is 23.3 Å². The molecule has 2 aromatic carbocycles. The second-order valence-electron chi connectivity index (χ2n) is 4.99. The Labute approximate surface area is 123 Å². The number of aromatic nitrogens is 1. The van der Waals surface area contributed by atoms with Gasteiger partial charge in [-0.05, 0) is 41.8 Å². The molecule has 1 aromatic heterocycles. The summed E-state index contributed by atoms with van der Waals surface area (Å²) in [6, 6.07) is 13.9. The Balaban J connectivity index is 2.26. The fourth-order valence-electron chi connectivity index (χ4n) is 2.61. The lowest BCUT2D eigenvalue weighted by molar-refractivity contribution is -0.105. The first kappa shape index (κ1) is 13.2. The third kappa shape index (κ3) is 2.36. The monoisotopic (exact) mass is 279 g/mol. The molecule has 0 radical (unpaired) electrons.